The lowest BCUT2D eigenvalue weighted by atomic mass is 9.95. The van der Waals surface area contributed by atoms with E-state index in [2.05, 4.69) is 20.9 Å². The van der Waals surface area contributed by atoms with Crippen molar-refractivity contribution < 1.29 is 28.0 Å². The number of aromatic nitrogens is 3. The number of carbonyl (C=O) groups excluding carboxylic acids is 2. The van der Waals surface area contributed by atoms with Crippen molar-refractivity contribution in [2.75, 3.05) is 25.1 Å². The molecule has 2 amide bonds. The minimum atomic E-state index is -0.623. The molecule has 1 aromatic carbocycles. The fraction of sp³-hybridized carbons (Fsp3) is 0.448. The molecule has 0 fully saturated rings. The lowest BCUT2D eigenvalue weighted by Crippen LogP contribution is -2.42. The molecule has 3 aromatic rings. The second kappa shape index (κ2) is 11.6. The standard InChI is InChI=1S/C29H36BrFN5O4/c1-8-39-25-15-24(32-16-23(25)31)18(2)36-10-9-20-21(26(36)37)13-19(14-22(20)30)17-35-12-11-33(6)27(35)34(7)28(38)40-29(3,4)5/h11-16,18H,8-10,17H2,1-7H3/q+1. The first-order chi connectivity index (χ1) is 18.8. The molecule has 1 aliphatic rings. The van der Waals surface area contributed by atoms with Crippen LogP contribution in [0.4, 0.5) is 15.1 Å². The van der Waals surface area contributed by atoms with Crippen LogP contribution in [0.15, 0.2) is 41.3 Å². The number of rotatable bonds is 7. The van der Waals surface area contributed by atoms with E-state index in [-0.39, 0.29) is 17.7 Å². The Labute approximate surface area is 242 Å². The van der Waals surface area contributed by atoms with Gasteiger partial charge in [-0.1, -0.05) is 15.9 Å². The Balaban J connectivity index is 1.61. The van der Waals surface area contributed by atoms with Crippen LogP contribution in [0.25, 0.3) is 0 Å². The summed E-state index contributed by atoms with van der Waals surface area (Å²) < 4.78 is 29.7. The maximum absolute atomic E-state index is 14.1. The second-order valence-corrected chi connectivity index (χ2v) is 11.7. The monoisotopic (exact) mass is 616 g/mol. The molecule has 0 bridgehead atoms. The van der Waals surface area contributed by atoms with Gasteiger partial charge < -0.3 is 14.4 Å². The average Bonchev–Trinajstić information content (AvgIpc) is 3.23. The average molecular weight is 618 g/mol. The van der Waals surface area contributed by atoms with E-state index in [1.807, 2.05) is 68.4 Å². The molecule has 1 unspecified atom stereocenters. The van der Waals surface area contributed by atoms with E-state index in [4.69, 9.17) is 9.47 Å². The molecule has 2 aromatic heterocycles. The summed E-state index contributed by atoms with van der Waals surface area (Å²) in [6.45, 7) is 10.4. The highest BCUT2D eigenvalue weighted by Crippen LogP contribution is 2.33. The first-order valence-corrected chi connectivity index (χ1v) is 14.0. The zero-order chi connectivity index (χ0) is 29.4. The minimum absolute atomic E-state index is 0.121. The topological polar surface area (TPSA) is 80.8 Å². The van der Waals surface area contributed by atoms with Crippen molar-refractivity contribution in [2.45, 2.75) is 59.2 Å². The van der Waals surface area contributed by atoms with Gasteiger partial charge in [-0.05, 0) is 64.3 Å². The van der Waals surface area contributed by atoms with Crippen molar-refractivity contribution in [2.24, 2.45) is 7.05 Å². The molecule has 0 spiro atoms. The van der Waals surface area contributed by atoms with Gasteiger partial charge in [-0.25, -0.2) is 18.3 Å². The zero-order valence-corrected chi connectivity index (χ0v) is 25.6. The number of anilines is 1. The molecule has 1 atom stereocenters. The normalized spacial score (nSPS) is 14.1. The van der Waals surface area contributed by atoms with E-state index in [1.165, 1.54) is 4.90 Å². The van der Waals surface area contributed by atoms with Crippen LogP contribution in [-0.2, 0) is 24.8 Å². The number of imidazole rings is 1. The first-order valence-electron chi connectivity index (χ1n) is 13.2. The van der Waals surface area contributed by atoms with Gasteiger partial charge in [0.15, 0.2) is 11.6 Å². The number of benzene rings is 1. The number of ether oxygens (including phenoxy) is 2. The van der Waals surface area contributed by atoms with Crippen molar-refractivity contribution in [3.63, 3.8) is 0 Å². The predicted octanol–water partition coefficient (Wildman–Crippen LogP) is 5.19. The molecule has 1 aliphatic heterocycles. The van der Waals surface area contributed by atoms with Crippen LogP contribution >= 0.6 is 15.9 Å². The molecule has 0 aliphatic carbocycles. The molecule has 0 N–H and O–H groups in total. The SMILES string of the molecule is CCOc1cc(C(C)N2CCc3c(Br)cc(Cn4cc[n+](C)c4N(C)C(=O)OC(C)(C)C)cc3C2=O)ncc1F. The summed E-state index contributed by atoms with van der Waals surface area (Å²) in [6.07, 6.45) is 5.09. The summed E-state index contributed by atoms with van der Waals surface area (Å²) in [7, 11) is 3.53. The number of fused-ring (bicyclic) bond motifs is 1. The van der Waals surface area contributed by atoms with Crippen molar-refractivity contribution in [3.05, 3.63) is 69.5 Å². The lowest BCUT2D eigenvalue weighted by Gasteiger charge is -2.34. The number of nitrogens with zero attached hydrogens (tertiary/aromatic N) is 5. The molecule has 0 saturated carbocycles. The first kappa shape index (κ1) is 29.5. The summed E-state index contributed by atoms with van der Waals surface area (Å²) in [6, 6.07) is 5.11. The van der Waals surface area contributed by atoms with Gasteiger partial charge in [-0.15, -0.1) is 0 Å². The molecule has 214 valence electrons. The molecular weight excluding hydrogens is 581 g/mol. The Morgan fingerprint density at radius 3 is 2.70 bits per heavy atom. The lowest BCUT2D eigenvalue weighted by molar-refractivity contribution is -0.657. The number of hydrogen-bond donors (Lipinski definition) is 0. The second-order valence-electron chi connectivity index (χ2n) is 10.9. The van der Waals surface area contributed by atoms with Gasteiger partial charge in [0.05, 0.1) is 57.6 Å². The molecule has 4 rings (SSSR count). The van der Waals surface area contributed by atoms with E-state index >= 15 is 0 Å². The van der Waals surface area contributed by atoms with Crippen LogP contribution in [0.3, 0.4) is 0 Å². The van der Waals surface area contributed by atoms with E-state index in [9.17, 15) is 14.0 Å². The molecule has 0 radical (unpaired) electrons. The van der Waals surface area contributed by atoms with Crippen molar-refractivity contribution >= 4 is 33.9 Å². The highest BCUT2D eigenvalue weighted by molar-refractivity contribution is 9.10. The van der Waals surface area contributed by atoms with E-state index in [0.717, 1.165) is 21.8 Å². The van der Waals surface area contributed by atoms with Crippen LogP contribution in [0, 0.1) is 5.82 Å². The van der Waals surface area contributed by atoms with Gasteiger partial charge in [-0.2, -0.15) is 4.90 Å². The van der Waals surface area contributed by atoms with Crippen LogP contribution in [-0.4, -0.2) is 52.3 Å². The Morgan fingerprint density at radius 2 is 2.02 bits per heavy atom. The van der Waals surface area contributed by atoms with Crippen LogP contribution in [0.5, 0.6) is 5.75 Å². The van der Waals surface area contributed by atoms with E-state index in [0.29, 0.717) is 43.3 Å². The van der Waals surface area contributed by atoms with Crippen molar-refractivity contribution in [1.29, 1.82) is 0 Å². The largest absolute Gasteiger partial charge is 0.491 e. The highest BCUT2D eigenvalue weighted by Gasteiger charge is 2.33. The Morgan fingerprint density at radius 1 is 1.30 bits per heavy atom. The summed E-state index contributed by atoms with van der Waals surface area (Å²) >= 11 is 3.68. The minimum Gasteiger partial charge on any atom is -0.491 e. The predicted molar refractivity (Wildman–Crippen MR) is 152 cm³/mol. The van der Waals surface area contributed by atoms with E-state index < -0.39 is 17.5 Å². The number of hydrogen-bond acceptors (Lipinski definition) is 5. The molecule has 3 heterocycles. The third kappa shape index (κ3) is 6.14. The zero-order valence-electron chi connectivity index (χ0n) is 24.0. The number of halogens is 2. The molecule has 11 heteroatoms. The molecular formula is C29H36BrFN5O4+. The summed E-state index contributed by atoms with van der Waals surface area (Å²) in [4.78, 5) is 34.0. The Bertz CT molecular complexity index is 1430. The fourth-order valence-electron chi connectivity index (χ4n) is 4.85. The molecule has 40 heavy (non-hydrogen) atoms. The van der Waals surface area contributed by atoms with E-state index in [1.54, 1.807) is 24.9 Å². The van der Waals surface area contributed by atoms with Crippen LogP contribution < -0.4 is 14.2 Å². The number of pyridine rings is 1. The fourth-order valence-corrected chi connectivity index (χ4v) is 5.56. The number of aryl methyl sites for hydroxylation is 1. The molecule has 9 nitrogen and oxygen atoms in total. The van der Waals surface area contributed by atoms with Crippen molar-refractivity contribution in [3.8, 4) is 5.75 Å². The Hall–Kier alpha value is -3.47. The number of amides is 2. The maximum atomic E-state index is 14.1. The van der Waals surface area contributed by atoms with Gasteiger partial charge >= 0.3 is 12.0 Å². The highest BCUT2D eigenvalue weighted by atomic mass is 79.9. The summed E-state index contributed by atoms with van der Waals surface area (Å²) in [5.74, 6) is 0.111. The third-order valence-corrected chi connectivity index (χ3v) is 7.46. The van der Waals surface area contributed by atoms with Crippen LogP contribution in [0.1, 0.15) is 67.8 Å². The van der Waals surface area contributed by atoms with Gasteiger partial charge in [0.1, 0.15) is 5.60 Å². The van der Waals surface area contributed by atoms with Crippen LogP contribution in [0.2, 0.25) is 0 Å². The number of carbonyl (C=O) groups is 2. The van der Waals surface area contributed by atoms with Gasteiger partial charge in [-0.3, -0.25) is 9.78 Å². The summed E-state index contributed by atoms with van der Waals surface area (Å²) in [5, 5.41) is 0. The molecule has 0 saturated heterocycles. The smallest absolute Gasteiger partial charge is 0.479 e. The quantitative estimate of drug-likeness (QED) is 0.341. The van der Waals surface area contributed by atoms with Crippen molar-refractivity contribution in [1.82, 2.24) is 14.5 Å². The maximum Gasteiger partial charge on any atom is 0.479 e. The third-order valence-electron chi connectivity index (χ3n) is 6.75. The summed E-state index contributed by atoms with van der Waals surface area (Å²) in [5.41, 5.74) is 2.38. The van der Waals surface area contributed by atoms with Gasteiger partial charge in [0.2, 0.25) is 0 Å². The van der Waals surface area contributed by atoms with Gasteiger partial charge in [0.25, 0.3) is 5.91 Å². The van der Waals surface area contributed by atoms with Gasteiger partial charge in [0, 0.05) is 22.6 Å². The Kier molecular flexibility index (Phi) is 8.53.